The van der Waals surface area contributed by atoms with E-state index in [1.165, 1.54) is 6.26 Å². The molecule has 0 heterocycles. The summed E-state index contributed by atoms with van der Waals surface area (Å²) in [5.41, 5.74) is 2.97. The van der Waals surface area contributed by atoms with E-state index in [2.05, 4.69) is 32.6 Å². The van der Waals surface area contributed by atoms with Crippen LogP contribution in [0.25, 0.3) is 0 Å². The van der Waals surface area contributed by atoms with Crippen molar-refractivity contribution in [3.63, 3.8) is 0 Å². The Morgan fingerprint density at radius 2 is 1.65 bits per heavy atom. The quantitative estimate of drug-likeness (QED) is 0.140. The average molecular weight is 343 g/mol. The predicted octanol–water partition coefficient (Wildman–Crippen LogP) is 5.35. The molecule has 23 heavy (non-hydrogen) atoms. The van der Waals surface area contributed by atoms with E-state index in [-0.39, 0.29) is 6.79 Å². The van der Waals surface area contributed by atoms with Gasteiger partial charge in [-0.25, -0.2) is 0 Å². The molecule has 0 aromatic carbocycles. The van der Waals surface area contributed by atoms with Crippen LogP contribution in [-0.2, 0) is 18.6 Å². The Morgan fingerprint density at radius 3 is 2.22 bits per heavy atom. The van der Waals surface area contributed by atoms with Gasteiger partial charge in [-0.15, -0.1) is 0 Å². The van der Waals surface area contributed by atoms with Crippen molar-refractivity contribution in [1.82, 2.24) is 0 Å². The molecule has 0 atom stereocenters. The molecular formula is C18H34O4Si. The van der Waals surface area contributed by atoms with E-state index < -0.39 is 8.32 Å². The lowest BCUT2D eigenvalue weighted by atomic mass is 10.2. The van der Waals surface area contributed by atoms with E-state index in [1.807, 2.05) is 6.08 Å². The molecule has 0 unspecified atom stereocenters. The first kappa shape index (κ1) is 21.8. The Hall–Kier alpha value is -1.16. The molecule has 0 aromatic heterocycles. The molecule has 0 aliphatic rings. The van der Waals surface area contributed by atoms with Crippen molar-refractivity contribution in [3.8, 4) is 0 Å². The molecule has 0 bridgehead atoms. The predicted molar refractivity (Wildman–Crippen MR) is 97.5 cm³/mol. The van der Waals surface area contributed by atoms with Gasteiger partial charge < -0.3 is 18.6 Å². The SMILES string of the molecule is CC[Si](CC)(CC)O/C(=C/CCCCC=C=COCOC)OC. The van der Waals surface area contributed by atoms with Gasteiger partial charge in [0.15, 0.2) is 6.79 Å². The van der Waals surface area contributed by atoms with Crippen LogP contribution < -0.4 is 0 Å². The summed E-state index contributed by atoms with van der Waals surface area (Å²) in [7, 11) is 1.65. The molecule has 0 aromatic rings. The number of ether oxygens (including phenoxy) is 3. The topological polar surface area (TPSA) is 36.9 Å². The van der Waals surface area contributed by atoms with Crippen LogP contribution in [-0.4, -0.2) is 29.3 Å². The highest BCUT2D eigenvalue weighted by Gasteiger charge is 2.31. The Bertz CT molecular complexity index is 361. The van der Waals surface area contributed by atoms with Crippen molar-refractivity contribution in [2.45, 2.75) is 64.6 Å². The van der Waals surface area contributed by atoms with Gasteiger partial charge in [0.2, 0.25) is 0 Å². The van der Waals surface area contributed by atoms with Gasteiger partial charge in [-0.3, -0.25) is 0 Å². The Morgan fingerprint density at radius 1 is 1.00 bits per heavy atom. The zero-order chi connectivity index (χ0) is 17.4. The summed E-state index contributed by atoms with van der Waals surface area (Å²) in [6.45, 7) is 6.94. The van der Waals surface area contributed by atoms with Crippen molar-refractivity contribution >= 4 is 8.32 Å². The second-order valence-electron chi connectivity index (χ2n) is 5.42. The highest BCUT2D eigenvalue weighted by atomic mass is 28.4. The van der Waals surface area contributed by atoms with E-state index in [4.69, 9.17) is 18.6 Å². The number of allylic oxidation sites excluding steroid dienone is 2. The molecule has 0 amide bonds. The molecule has 0 aliphatic heterocycles. The fraction of sp³-hybridized carbons (Fsp3) is 0.722. The van der Waals surface area contributed by atoms with Gasteiger partial charge in [-0.05, 0) is 56.0 Å². The third-order valence-corrected chi connectivity index (χ3v) is 8.52. The van der Waals surface area contributed by atoms with E-state index in [9.17, 15) is 0 Å². The summed E-state index contributed by atoms with van der Waals surface area (Å²) in [4.78, 5) is 0. The number of hydrogen-bond acceptors (Lipinski definition) is 4. The third-order valence-electron chi connectivity index (χ3n) is 4.02. The molecule has 0 aliphatic carbocycles. The molecular weight excluding hydrogens is 308 g/mol. The van der Waals surface area contributed by atoms with Crippen molar-refractivity contribution in [3.05, 3.63) is 30.1 Å². The van der Waals surface area contributed by atoms with Gasteiger partial charge in [0.05, 0.1) is 7.11 Å². The fourth-order valence-corrected chi connectivity index (χ4v) is 4.77. The van der Waals surface area contributed by atoms with Crippen LogP contribution in [0, 0.1) is 0 Å². The number of methoxy groups -OCH3 is 2. The largest absolute Gasteiger partial charge is 0.519 e. The maximum atomic E-state index is 6.24. The van der Waals surface area contributed by atoms with E-state index in [0.29, 0.717) is 5.95 Å². The van der Waals surface area contributed by atoms with Crippen LogP contribution in [0.5, 0.6) is 0 Å². The van der Waals surface area contributed by atoms with Gasteiger partial charge >= 0.3 is 0 Å². The zero-order valence-electron chi connectivity index (χ0n) is 15.5. The van der Waals surface area contributed by atoms with Gasteiger partial charge in [-0.1, -0.05) is 26.5 Å². The second kappa shape index (κ2) is 14.4. The van der Waals surface area contributed by atoms with Crippen LogP contribution >= 0.6 is 0 Å². The normalized spacial score (nSPS) is 11.6. The van der Waals surface area contributed by atoms with Crippen LogP contribution in [0.3, 0.4) is 0 Å². The Labute approximate surface area is 143 Å². The van der Waals surface area contributed by atoms with Crippen LogP contribution in [0.15, 0.2) is 30.1 Å². The maximum Gasteiger partial charge on any atom is 0.260 e. The van der Waals surface area contributed by atoms with Gasteiger partial charge in [-0.2, -0.15) is 0 Å². The standard InChI is InChI=1S/C18H34O4Si/c1-6-23(7-2,8-3)22-18(20-5)15-13-11-9-10-12-14-16-21-17-19-4/h12,15-16H,6-11,13,17H2,1-5H3/b18-15+. The second-order valence-corrected chi connectivity index (χ2v) is 10.1. The summed E-state index contributed by atoms with van der Waals surface area (Å²) in [6, 6.07) is 3.38. The summed E-state index contributed by atoms with van der Waals surface area (Å²) >= 11 is 0. The van der Waals surface area contributed by atoms with E-state index in [1.54, 1.807) is 14.2 Å². The van der Waals surface area contributed by atoms with E-state index in [0.717, 1.165) is 43.8 Å². The van der Waals surface area contributed by atoms with Crippen LogP contribution in [0.2, 0.25) is 18.1 Å². The number of unbranched alkanes of at least 4 members (excludes halogenated alkanes) is 3. The molecule has 134 valence electrons. The maximum absolute atomic E-state index is 6.24. The average Bonchev–Trinajstić information content (AvgIpc) is 2.60. The lowest BCUT2D eigenvalue weighted by Gasteiger charge is -2.29. The van der Waals surface area contributed by atoms with Crippen molar-refractivity contribution in [1.29, 1.82) is 0 Å². The molecule has 0 spiro atoms. The molecule has 0 saturated carbocycles. The highest BCUT2D eigenvalue weighted by Crippen LogP contribution is 2.25. The van der Waals surface area contributed by atoms with Crippen molar-refractivity contribution in [2.24, 2.45) is 0 Å². The van der Waals surface area contributed by atoms with Gasteiger partial charge in [0, 0.05) is 7.11 Å². The minimum Gasteiger partial charge on any atom is -0.519 e. The van der Waals surface area contributed by atoms with Crippen LogP contribution in [0.1, 0.15) is 46.5 Å². The summed E-state index contributed by atoms with van der Waals surface area (Å²) in [5.74, 6) is 0.714. The fourth-order valence-electron chi connectivity index (χ4n) is 2.24. The molecule has 0 saturated heterocycles. The summed E-state index contributed by atoms with van der Waals surface area (Å²) in [5, 5.41) is 0. The molecule has 0 radical (unpaired) electrons. The molecule has 0 rings (SSSR count). The van der Waals surface area contributed by atoms with Gasteiger partial charge in [0.25, 0.3) is 14.3 Å². The zero-order valence-corrected chi connectivity index (χ0v) is 16.5. The third kappa shape index (κ3) is 10.3. The molecule has 5 heteroatoms. The Balaban J connectivity index is 4.09. The monoisotopic (exact) mass is 342 g/mol. The number of rotatable bonds is 14. The summed E-state index contributed by atoms with van der Waals surface area (Å²) in [6.07, 6.45) is 9.78. The van der Waals surface area contributed by atoms with Crippen molar-refractivity contribution in [2.75, 3.05) is 21.0 Å². The number of hydrogen-bond donors (Lipinski definition) is 0. The Kier molecular flexibility index (Phi) is 13.7. The van der Waals surface area contributed by atoms with Crippen LogP contribution in [0.4, 0.5) is 0 Å². The lowest BCUT2D eigenvalue weighted by molar-refractivity contribution is 0.0201. The first-order valence-electron chi connectivity index (χ1n) is 8.61. The highest BCUT2D eigenvalue weighted by molar-refractivity contribution is 6.73. The van der Waals surface area contributed by atoms with E-state index >= 15 is 0 Å². The smallest absolute Gasteiger partial charge is 0.260 e. The minimum atomic E-state index is -1.64. The minimum absolute atomic E-state index is 0.267. The molecule has 4 nitrogen and oxygen atoms in total. The first-order chi connectivity index (χ1) is 11.2. The molecule has 0 N–H and O–H groups in total. The van der Waals surface area contributed by atoms with Crippen molar-refractivity contribution < 1.29 is 18.6 Å². The summed E-state index contributed by atoms with van der Waals surface area (Å²) < 4.78 is 21.4. The first-order valence-corrected chi connectivity index (χ1v) is 11.1. The molecule has 0 fully saturated rings. The lowest BCUT2D eigenvalue weighted by Crippen LogP contribution is -2.35. The van der Waals surface area contributed by atoms with Gasteiger partial charge in [0.1, 0.15) is 6.26 Å².